The number of halogens is 1. The molecule has 1 fully saturated rings. The lowest BCUT2D eigenvalue weighted by atomic mass is 10.1. The quantitative estimate of drug-likeness (QED) is 0.254. The van der Waals surface area contributed by atoms with Crippen molar-refractivity contribution in [1.29, 1.82) is 0 Å². The molecule has 2 rings (SSSR count). The van der Waals surface area contributed by atoms with Crippen molar-refractivity contribution in [3.05, 3.63) is 16.9 Å². The molecule has 1 aromatic rings. The van der Waals surface area contributed by atoms with Crippen LogP contribution >= 0.6 is 15.9 Å². The number of carbonyl (C=O) groups is 2. The van der Waals surface area contributed by atoms with Crippen LogP contribution in [0.1, 0.15) is 62.3 Å². The third kappa shape index (κ3) is 10.8. The largest absolute Gasteiger partial charge is 0.444 e. The van der Waals surface area contributed by atoms with Gasteiger partial charge >= 0.3 is 6.09 Å². The molecule has 1 saturated heterocycles. The van der Waals surface area contributed by atoms with Gasteiger partial charge in [-0.1, -0.05) is 41.5 Å². The highest BCUT2D eigenvalue weighted by atomic mass is 79.9. The van der Waals surface area contributed by atoms with Crippen LogP contribution in [0.15, 0.2) is 16.9 Å². The highest BCUT2D eigenvalue weighted by Crippen LogP contribution is 2.37. The second kappa shape index (κ2) is 14.3. The smallest absolute Gasteiger partial charge is 0.411 e. The minimum Gasteiger partial charge on any atom is -0.444 e. The first-order chi connectivity index (χ1) is 19.5. The van der Waals surface area contributed by atoms with Gasteiger partial charge in [-0.05, 0) is 73.0 Å². The molecule has 1 aliphatic rings. The number of carbonyl (C=O) groups excluding carboxylic acids is 2. The van der Waals surface area contributed by atoms with Crippen LogP contribution in [0.2, 0.25) is 36.3 Å². The van der Waals surface area contributed by atoms with E-state index in [2.05, 4.69) is 93.6 Å². The van der Waals surface area contributed by atoms with Gasteiger partial charge in [0.15, 0.2) is 16.6 Å². The summed E-state index contributed by atoms with van der Waals surface area (Å²) in [5.41, 5.74) is -0.690. The van der Waals surface area contributed by atoms with Crippen LogP contribution in [0.25, 0.3) is 0 Å². The van der Waals surface area contributed by atoms with Gasteiger partial charge in [0.05, 0.1) is 24.2 Å². The minimum atomic E-state index is -2.03. The normalized spacial score (nSPS) is 17.2. The Morgan fingerprint density at radius 2 is 1.35 bits per heavy atom. The number of amides is 2. The molecule has 1 aromatic heterocycles. The van der Waals surface area contributed by atoms with E-state index in [0.29, 0.717) is 45.3 Å². The molecule has 0 aromatic carbocycles. The third-order valence-corrected chi connectivity index (χ3v) is 18.2. The fourth-order valence-electron chi connectivity index (χ4n) is 3.98. The van der Waals surface area contributed by atoms with Crippen molar-refractivity contribution in [1.82, 2.24) is 19.8 Å². The summed E-state index contributed by atoms with van der Waals surface area (Å²) in [6.45, 7) is 30.2. The first-order valence-corrected chi connectivity index (χ1v) is 21.8. The van der Waals surface area contributed by atoms with Crippen LogP contribution < -0.4 is 4.90 Å². The Balaban J connectivity index is 2.37. The summed E-state index contributed by atoms with van der Waals surface area (Å²) in [5.74, 6) is 0.351. The number of piperazine rings is 1. The predicted molar refractivity (Wildman–Crippen MR) is 182 cm³/mol. The van der Waals surface area contributed by atoms with Crippen molar-refractivity contribution in [2.45, 2.75) is 110 Å². The van der Waals surface area contributed by atoms with Crippen LogP contribution in [-0.4, -0.2) is 106 Å². The van der Waals surface area contributed by atoms with Crippen LogP contribution in [0, 0.1) is 0 Å². The Hall–Kier alpha value is -1.55. The number of ether oxygens (including phenoxy) is 1. The molecule has 10 nitrogen and oxygen atoms in total. The Morgan fingerprint density at radius 3 is 1.77 bits per heavy atom. The van der Waals surface area contributed by atoms with Gasteiger partial charge in [0, 0.05) is 38.6 Å². The molecule has 0 N–H and O–H groups in total. The molecule has 0 spiro atoms. The Bertz CT molecular complexity index is 1050. The first kappa shape index (κ1) is 37.6. The molecule has 246 valence electrons. The average Bonchev–Trinajstić information content (AvgIpc) is 2.85. The van der Waals surface area contributed by atoms with Gasteiger partial charge in [-0.3, -0.25) is 9.69 Å². The lowest BCUT2D eigenvalue weighted by Crippen LogP contribution is -2.62. The molecule has 0 radical (unpaired) electrons. The van der Waals surface area contributed by atoms with Crippen molar-refractivity contribution in [3.8, 4) is 0 Å². The SMILES string of the molecule is CC(C)(C)OC(=O)N1CCN(c2ncc(Br)cn2)C[C@@H]1C(=O)N(CCO[Si](C)(C)C(C)(C)C)CCO[Si](C)(C)C(C)(C)C. The lowest BCUT2D eigenvalue weighted by molar-refractivity contribution is -0.138. The van der Waals surface area contributed by atoms with Gasteiger partial charge in [0.2, 0.25) is 11.9 Å². The summed E-state index contributed by atoms with van der Waals surface area (Å²) in [5, 5.41) is 0.102. The van der Waals surface area contributed by atoms with Crippen molar-refractivity contribution in [2.24, 2.45) is 0 Å². The van der Waals surface area contributed by atoms with Crippen molar-refractivity contribution >= 4 is 50.5 Å². The minimum absolute atomic E-state index is 0.0509. The summed E-state index contributed by atoms with van der Waals surface area (Å²) in [7, 11) is -4.05. The number of aromatic nitrogens is 2. The topological polar surface area (TPSA) is 97.3 Å². The second-order valence-electron chi connectivity index (χ2n) is 15.4. The first-order valence-electron chi connectivity index (χ1n) is 15.2. The van der Waals surface area contributed by atoms with E-state index >= 15 is 0 Å². The molecular weight excluding hydrogens is 646 g/mol. The molecule has 2 heterocycles. The summed E-state index contributed by atoms with van der Waals surface area (Å²) >= 11 is 3.39. The van der Waals surface area contributed by atoms with Gasteiger partial charge in [0.25, 0.3) is 0 Å². The fourth-order valence-corrected chi connectivity index (χ4v) is 6.26. The average molecular weight is 703 g/mol. The number of hydrogen-bond donors (Lipinski definition) is 0. The third-order valence-electron chi connectivity index (χ3n) is 8.76. The maximum atomic E-state index is 14.4. The standard InChI is InChI=1S/C30H56BrN5O5Si2/c1-28(2,3)41-27(38)36-15-14-35(26-32-20-23(31)21-33-26)22-24(36)25(37)34(16-18-39-42(10,11)29(4,5)6)17-19-40-43(12,13)30(7,8)9/h20-21,24H,14-19,22H2,1-13H3/t24-/m1/s1. The number of rotatable bonds is 10. The summed E-state index contributed by atoms with van der Waals surface area (Å²) in [6.07, 6.45) is 2.86. The van der Waals surface area contributed by atoms with Gasteiger partial charge in [-0.15, -0.1) is 0 Å². The zero-order chi connectivity index (χ0) is 33.0. The van der Waals surface area contributed by atoms with E-state index in [-0.39, 0.29) is 22.5 Å². The number of nitrogens with zero attached hydrogens (tertiary/aromatic N) is 5. The van der Waals surface area contributed by atoms with E-state index in [4.69, 9.17) is 13.6 Å². The predicted octanol–water partition coefficient (Wildman–Crippen LogP) is 6.54. The summed E-state index contributed by atoms with van der Waals surface area (Å²) in [6, 6.07) is -0.781. The monoisotopic (exact) mass is 701 g/mol. The lowest BCUT2D eigenvalue weighted by Gasteiger charge is -2.43. The van der Waals surface area contributed by atoms with Crippen LogP contribution in [0.3, 0.4) is 0 Å². The zero-order valence-electron chi connectivity index (χ0n) is 28.8. The Morgan fingerprint density at radius 1 is 0.884 bits per heavy atom. The van der Waals surface area contributed by atoms with Crippen molar-refractivity contribution in [2.75, 3.05) is 50.8 Å². The van der Waals surface area contributed by atoms with E-state index in [1.807, 2.05) is 25.7 Å². The van der Waals surface area contributed by atoms with Crippen LogP contribution in [0.5, 0.6) is 0 Å². The summed E-state index contributed by atoms with van der Waals surface area (Å²) < 4.78 is 19.5. The van der Waals surface area contributed by atoms with Crippen LogP contribution in [0.4, 0.5) is 10.7 Å². The molecular formula is C30H56BrN5O5Si2. The second-order valence-corrected chi connectivity index (χ2v) is 25.9. The maximum Gasteiger partial charge on any atom is 0.411 e. The van der Waals surface area contributed by atoms with Gasteiger partial charge in [-0.2, -0.15) is 0 Å². The highest BCUT2D eigenvalue weighted by Gasteiger charge is 2.42. The van der Waals surface area contributed by atoms with Crippen LogP contribution in [-0.2, 0) is 18.4 Å². The van der Waals surface area contributed by atoms with Crippen molar-refractivity contribution < 1.29 is 23.2 Å². The van der Waals surface area contributed by atoms with Gasteiger partial charge in [0.1, 0.15) is 11.6 Å². The fraction of sp³-hybridized carbons (Fsp3) is 0.800. The van der Waals surface area contributed by atoms with E-state index in [0.717, 1.165) is 4.47 Å². The molecule has 0 unspecified atom stereocenters. The highest BCUT2D eigenvalue weighted by molar-refractivity contribution is 9.10. The molecule has 0 aliphatic carbocycles. The molecule has 0 bridgehead atoms. The molecule has 0 saturated carbocycles. The van der Waals surface area contributed by atoms with Crippen molar-refractivity contribution in [3.63, 3.8) is 0 Å². The Labute approximate surface area is 270 Å². The molecule has 43 heavy (non-hydrogen) atoms. The maximum absolute atomic E-state index is 14.4. The van der Waals surface area contributed by atoms with E-state index in [9.17, 15) is 9.59 Å². The number of hydrogen-bond acceptors (Lipinski definition) is 8. The van der Waals surface area contributed by atoms with Gasteiger partial charge < -0.3 is 23.4 Å². The molecule has 1 atom stereocenters. The van der Waals surface area contributed by atoms with E-state index in [1.165, 1.54) is 0 Å². The van der Waals surface area contributed by atoms with E-state index < -0.39 is 34.4 Å². The Kier molecular flexibility index (Phi) is 12.5. The zero-order valence-corrected chi connectivity index (χ0v) is 32.4. The van der Waals surface area contributed by atoms with E-state index in [1.54, 1.807) is 22.2 Å². The number of anilines is 1. The molecule has 13 heteroatoms. The van der Waals surface area contributed by atoms with Gasteiger partial charge in [-0.25, -0.2) is 14.8 Å². The summed E-state index contributed by atoms with van der Waals surface area (Å²) in [4.78, 5) is 42.0. The molecule has 1 aliphatic heterocycles. The molecule has 2 amide bonds.